The zero-order valence-electron chi connectivity index (χ0n) is 16.2. The summed E-state index contributed by atoms with van der Waals surface area (Å²) in [5.41, 5.74) is 2.28. The van der Waals surface area contributed by atoms with Crippen LogP contribution in [0.3, 0.4) is 0 Å². The predicted octanol–water partition coefficient (Wildman–Crippen LogP) is 3.50. The van der Waals surface area contributed by atoms with E-state index in [2.05, 4.69) is 28.1 Å². The van der Waals surface area contributed by atoms with Crippen LogP contribution in [0.25, 0.3) is 0 Å². The molecule has 0 radical (unpaired) electrons. The molecule has 150 valence electrons. The molecule has 1 spiro atoms. The smallest absolute Gasteiger partial charge is 0.224 e. The van der Waals surface area contributed by atoms with Crippen molar-refractivity contribution in [2.75, 3.05) is 13.2 Å². The van der Waals surface area contributed by atoms with Gasteiger partial charge in [0, 0.05) is 5.33 Å². The van der Waals surface area contributed by atoms with Crippen molar-refractivity contribution in [2.24, 2.45) is 0 Å². The Hall–Kier alpha value is -0.540. The summed E-state index contributed by atoms with van der Waals surface area (Å²) >= 11 is 3.50. The molecule has 0 aromatic heterocycles. The van der Waals surface area contributed by atoms with E-state index < -0.39 is 23.5 Å². The summed E-state index contributed by atoms with van der Waals surface area (Å²) in [5.74, 6) is -2.42. The van der Waals surface area contributed by atoms with Gasteiger partial charge in [0.05, 0.1) is 13.2 Å². The first-order chi connectivity index (χ1) is 12.7. The molecule has 0 amide bonds. The van der Waals surface area contributed by atoms with Crippen LogP contribution in [0, 0.1) is 0 Å². The highest BCUT2D eigenvalue weighted by Gasteiger charge is 2.63. The van der Waals surface area contributed by atoms with E-state index in [9.17, 15) is 0 Å². The van der Waals surface area contributed by atoms with Gasteiger partial charge in [0.1, 0.15) is 24.9 Å². The van der Waals surface area contributed by atoms with E-state index in [-0.39, 0.29) is 12.2 Å². The fourth-order valence-corrected chi connectivity index (χ4v) is 4.32. The summed E-state index contributed by atoms with van der Waals surface area (Å²) in [7, 11) is 0. The highest BCUT2D eigenvalue weighted by molar-refractivity contribution is 9.08. The second-order valence-electron chi connectivity index (χ2n) is 8.24. The molecule has 2 unspecified atom stereocenters. The zero-order valence-corrected chi connectivity index (χ0v) is 17.8. The fraction of sp³-hybridized carbons (Fsp3) is 0.700. The van der Waals surface area contributed by atoms with Crippen LogP contribution < -0.4 is 0 Å². The van der Waals surface area contributed by atoms with E-state index in [4.69, 9.17) is 28.4 Å². The summed E-state index contributed by atoms with van der Waals surface area (Å²) < 4.78 is 36.7. The maximum absolute atomic E-state index is 6.36. The number of halogens is 1. The van der Waals surface area contributed by atoms with Gasteiger partial charge < -0.3 is 28.4 Å². The third kappa shape index (κ3) is 3.96. The first kappa shape index (κ1) is 19.8. The number of benzene rings is 1. The molecule has 0 bridgehead atoms. The molecule has 6 nitrogen and oxygen atoms in total. The van der Waals surface area contributed by atoms with Gasteiger partial charge in [-0.05, 0) is 38.8 Å². The summed E-state index contributed by atoms with van der Waals surface area (Å²) in [6.45, 7) is 8.67. The normalized spacial score (nSPS) is 36.9. The molecule has 0 saturated carbocycles. The number of alkyl halides is 1. The second kappa shape index (κ2) is 7.06. The van der Waals surface area contributed by atoms with Crippen molar-refractivity contribution in [3.05, 3.63) is 35.4 Å². The minimum absolute atomic E-state index is 0.197. The van der Waals surface area contributed by atoms with E-state index in [0.717, 1.165) is 10.9 Å². The number of rotatable bonds is 4. The summed E-state index contributed by atoms with van der Waals surface area (Å²) in [5, 5.41) is 0.804. The molecule has 4 atom stereocenters. The predicted molar refractivity (Wildman–Crippen MR) is 101 cm³/mol. The van der Waals surface area contributed by atoms with Gasteiger partial charge in [-0.25, -0.2) is 0 Å². The van der Waals surface area contributed by atoms with Crippen LogP contribution >= 0.6 is 15.9 Å². The molecule has 27 heavy (non-hydrogen) atoms. The molecular formula is C20H27BrO6. The van der Waals surface area contributed by atoms with E-state index in [1.54, 1.807) is 0 Å². The van der Waals surface area contributed by atoms with Crippen molar-refractivity contribution < 1.29 is 28.4 Å². The first-order valence-electron chi connectivity index (χ1n) is 9.31. The molecular weight excluding hydrogens is 416 g/mol. The van der Waals surface area contributed by atoms with E-state index in [0.29, 0.717) is 19.8 Å². The van der Waals surface area contributed by atoms with Crippen LogP contribution in [0.5, 0.6) is 0 Å². The van der Waals surface area contributed by atoms with Crippen molar-refractivity contribution in [3.63, 3.8) is 0 Å². The summed E-state index contributed by atoms with van der Waals surface area (Å²) in [4.78, 5) is 0. The maximum atomic E-state index is 6.36. The lowest BCUT2D eigenvalue weighted by Gasteiger charge is -2.43. The van der Waals surface area contributed by atoms with Gasteiger partial charge >= 0.3 is 0 Å². The standard InChI is InChI=1S/C20H27BrO6/c1-18(2)24-12-20(27-18)17(16-15(11-23-20)25-19(3,4)26-16)22-10-14-7-5-6-13(8-14)9-21/h5-8,15-17H,9-12H2,1-4H3/t15-,16?,17?,20+/m1/s1. The van der Waals surface area contributed by atoms with Gasteiger partial charge in [-0.15, -0.1) is 0 Å². The van der Waals surface area contributed by atoms with Crippen LogP contribution in [0.1, 0.15) is 38.8 Å². The Kier molecular flexibility index (Phi) is 5.17. The Morgan fingerprint density at radius 2 is 1.85 bits per heavy atom. The molecule has 3 fully saturated rings. The molecule has 0 N–H and O–H groups in total. The van der Waals surface area contributed by atoms with Crippen molar-refractivity contribution in [1.82, 2.24) is 0 Å². The monoisotopic (exact) mass is 442 g/mol. The topological polar surface area (TPSA) is 55.4 Å². The van der Waals surface area contributed by atoms with Crippen LogP contribution in [-0.4, -0.2) is 48.9 Å². The molecule has 7 heteroatoms. The van der Waals surface area contributed by atoms with Gasteiger partial charge in [0.15, 0.2) is 11.6 Å². The Morgan fingerprint density at radius 1 is 1.07 bits per heavy atom. The maximum Gasteiger partial charge on any atom is 0.224 e. The summed E-state index contributed by atoms with van der Waals surface area (Å²) in [6, 6.07) is 8.27. The minimum atomic E-state index is -0.999. The van der Waals surface area contributed by atoms with Crippen molar-refractivity contribution in [3.8, 4) is 0 Å². The molecule has 3 aliphatic heterocycles. The Labute approximate surface area is 168 Å². The lowest BCUT2D eigenvalue weighted by molar-refractivity contribution is -0.336. The largest absolute Gasteiger partial charge is 0.365 e. The van der Waals surface area contributed by atoms with Gasteiger partial charge in [0.25, 0.3) is 0 Å². The van der Waals surface area contributed by atoms with Gasteiger partial charge in [-0.2, -0.15) is 0 Å². The first-order valence-corrected chi connectivity index (χ1v) is 10.4. The lowest BCUT2D eigenvalue weighted by atomic mass is 9.97. The Morgan fingerprint density at radius 3 is 2.56 bits per heavy atom. The molecule has 1 aromatic carbocycles. The van der Waals surface area contributed by atoms with E-state index >= 15 is 0 Å². The highest BCUT2D eigenvalue weighted by Crippen LogP contribution is 2.45. The number of ether oxygens (including phenoxy) is 6. The Bertz CT molecular complexity index is 691. The zero-order chi connectivity index (χ0) is 19.3. The third-order valence-electron chi connectivity index (χ3n) is 5.06. The fourth-order valence-electron chi connectivity index (χ4n) is 3.98. The quantitative estimate of drug-likeness (QED) is 0.665. The van der Waals surface area contributed by atoms with Crippen molar-refractivity contribution >= 4 is 15.9 Å². The van der Waals surface area contributed by atoms with Crippen molar-refractivity contribution in [1.29, 1.82) is 0 Å². The van der Waals surface area contributed by atoms with Crippen LogP contribution in [-0.2, 0) is 40.4 Å². The Balaban J connectivity index is 1.57. The van der Waals surface area contributed by atoms with E-state index in [1.165, 1.54) is 5.56 Å². The van der Waals surface area contributed by atoms with Crippen LogP contribution in [0.2, 0.25) is 0 Å². The molecule has 3 aliphatic rings. The third-order valence-corrected chi connectivity index (χ3v) is 5.71. The van der Waals surface area contributed by atoms with Crippen molar-refractivity contribution in [2.45, 2.75) is 75.3 Å². The number of fused-ring (bicyclic) bond motifs is 1. The van der Waals surface area contributed by atoms with Gasteiger partial charge in [0.2, 0.25) is 5.79 Å². The highest BCUT2D eigenvalue weighted by atomic mass is 79.9. The molecule has 4 rings (SSSR count). The second-order valence-corrected chi connectivity index (χ2v) is 8.80. The van der Waals surface area contributed by atoms with E-state index in [1.807, 2.05) is 39.8 Å². The minimum Gasteiger partial charge on any atom is -0.365 e. The van der Waals surface area contributed by atoms with Crippen LogP contribution in [0.4, 0.5) is 0 Å². The SMILES string of the molecule is CC1(C)OC2C(OCc3cccc(CBr)c3)[C@@]3(COC(C)(C)O3)OC[C@H]2O1. The number of hydrogen-bond acceptors (Lipinski definition) is 6. The summed E-state index contributed by atoms with van der Waals surface area (Å²) in [6.07, 6.45) is -0.949. The lowest BCUT2D eigenvalue weighted by Crippen LogP contribution is -2.62. The molecule has 1 aromatic rings. The average Bonchev–Trinajstić information content (AvgIpc) is 3.09. The number of hydrogen-bond donors (Lipinski definition) is 0. The molecule has 3 saturated heterocycles. The molecule has 3 heterocycles. The molecule has 0 aliphatic carbocycles. The average molecular weight is 443 g/mol. The van der Waals surface area contributed by atoms with Crippen LogP contribution in [0.15, 0.2) is 24.3 Å². The van der Waals surface area contributed by atoms with Gasteiger partial charge in [-0.1, -0.05) is 40.2 Å². The van der Waals surface area contributed by atoms with Gasteiger partial charge in [-0.3, -0.25) is 0 Å².